The van der Waals surface area contributed by atoms with Crippen LogP contribution in [0.25, 0.3) is 0 Å². The summed E-state index contributed by atoms with van der Waals surface area (Å²) in [5.74, 6) is 1.36. The van der Waals surface area contributed by atoms with E-state index in [4.69, 9.17) is 4.74 Å². The molecule has 2 atom stereocenters. The SMILES string of the molecule is CCC(O)CCCC1CCCc2cc(O)c(OC)cc21. The number of rotatable bonds is 6. The summed E-state index contributed by atoms with van der Waals surface area (Å²) in [5, 5.41) is 19.5. The lowest BCUT2D eigenvalue weighted by Crippen LogP contribution is -2.11. The number of aryl methyl sites for hydroxylation is 1. The van der Waals surface area contributed by atoms with Crippen LogP contribution in [-0.2, 0) is 6.42 Å². The van der Waals surface area contributed by atoms with E-state index in [1.165, 1.54) is 24.0 Å². The Morgan fingerprint density at radius 1 is 1.40 bits per heavy atom. The van der Waals surface area contributed by atoms with Crippen molar-refractivity contribution >= 4 is 0 Å². The zero-order chi connectivity index (χ0) is 14.5. The van der Waals surface area contributed by atoms with Gasteiger partial charge in [0, 0.05) is 0 Å². The van der Waals surface area contributed by atoms with Crippen LogP contribution in [0.4, 0.5) is 0 Å². The molecule has 1 aliphatic rings. The molecule has 2 N–H and O–H groups in total. The summed E-state index contributed by atoms with van der Waals surface area (Å²) in [7, 11) is 1.59. The topological polar surface area (TPSA) is 49.7 Å². The lowest BCUT2D eigenvalue weighted by molar-refractivity contribution is 0.155. The lowest BCUT2D eigenvalue weighted by Gasteiger charge is -2.26. The number of aliphatic hydroxyl groups excluding tert-OH is 1. The molecular formula is C17H26O3. The predicted octanol–water partition coefficient (Wildman–Crippen LogP) is 3.76. The first-order chi connectivity index (χ1) is 9.65. The molecule has 20 heavy (non-hydrogen) atoms. The van der Waals surface area contributed by atoms with Gasteiger partial charge in [0.2, 0.25) is 0 Å². The molecule has 0 aromatic heterocycles. The summed E-state index contributed by atoms with van der Waals surface area (Å²) in [6.07, 6.45) is 7.15. The molecule has 3 heteroatoms. The van der Waals surface area contributed by atoms with E-state index in [1.54, 1.807) is 7.11 Å². The fraction of sp³-hybridized carbons (Fsp3) is 0.647. The van der Waals surface area contributed by atoms with Crippen molar-refractivity contribution in [1.29, 1.82) is 0 Å². The molecule has 1 aromatic rings. The summed E-state index contributed by atoms with van der Waals surface area (Å²) >= 11 is 0. The number of hydrogen-bond acceptors (Lipinski definition) is 3. The van der Waals surface area contributed by atoms with Crippen molar-refractivity contribution < 1.29 is 14.9 Å². The Labute approximate surface area is 121 Å². The standard InChI is InChI=1S/C17H26O3/c1-3-14(18)9-5-7-12-6-4-8-13-10-16(19)17(20-2)11-15(12)13/h10-12,14,18-19H,3-9H2,1-2H3. The molecule has 0 fully saturated rings. The second-order valence-electron chi connectivity index (χ2n) is 5.80. The zero-order valence-corrected chi connectivity index (χ0v) is 12.6. The normalized spacial score (nSPS) is 19.4. The summed E-state index contributed by atoms with van der Waals surface area (Å²) in [5.41, 5.74) is 2.59. The molecule has 2 rings (SSSR count). The highest BCUT2D eigenvalue weighted by Gasteiger charge is 2.22. The number of methoxy groups -OCH3 is 1. The van der Waals surface area contributed by atoms with Crippen LogP contribution in [0.15, 0.2) is 12.1 Å². The molecule has 112 valence electrons. The second-order valence-corrected chi connectivity index (χ2v) is 5.80. The van der Waals surface area contributed by atoms with Gasteiger partial charge in [-0.25, -0.2) is 0 Å². The molecule has 0 spiro atoms. The third-order valence-corrected chi connectivity index (χ3v) is 4.44. The molecule has 0 saturated heterocycles. The quantitative estimate of drug-likeness (QED) is 0.833. The van der Waals surface area contributed by atoms with Gasteiger partial charge in [0.05, 0.1) is 13.2 Å². The van der Waals surface area contributed by atoms with Crippen LogP contribution in [0.5, 0.6) is 11.5 Å². The Morgan fingerprint density at radius 3 is 2.90 bits per heavy atom. The van der Waals surface area contributed by atoms with E-state index in [9.17, 15) is 10.2 Å². The van der Waals surface area contributed by atoms with Crippen molar-refractivity contribution in [3.05, 3.63) is 23.3 Å². The van der Waals surface area contributed by atoms with Gasteiger partial charge in [-0.2, -0.15) is 0 Å². The zero-order valence-electron chi connectivity index (χ0n) is 12.6. The van der Waals surface area contributed by atoms with Crippen molar-refractivity contribution in [3.63, 3.8) is 0 Å². The summed E-state index contributed by atoms with van der Waals surface area (Å²) in [4.78, 5) is 0. The molecular weight excluding hydrogens is 252 g/mol. The van der Waals surface area contributed by atoms with Gasteiger partial charge in [-0.05, 0) is 67.7 Å². The Balaban J connectivity index is 2.07. The van der Waals surface area contributed by atoms with Crippen molar-refractivity contribution in [2.75, 3.05) is 7.11 Å². The van der Waals surface area contributed by atoms with Crippen molar-refractivity contribution in [3.8, 4) is 11.5 Å². The molecule has 0 bridgehead atoms. The molecule has 1 aromatic carbocycles. The van der Waals surface area contributed by atoms with Crippen LogP contribution in [-0.4, -0.2) is 23.4 Å². The van der Waals surface area contributed by atoms with E-state index in [-0.39, 0.29) is 11.9 Å². The molecule has 0 radical (unpaired) electrons. The Hall–Kier alpha value is -1.22. The minimum Gasteiger partial charge on any atom is -0.504 e. The highest BCUT2D eigenvalue weighted by Crippen LogP contribution is 2.40. The van der Waals surface area contributed by atoms with Crippen molar-refractivity contribution in [1.82, 2.24) is 0 Å². The van der Waals surface area contributed by atoms with E-state index in [0.29, 0.717) is 11.7 Å². The predicted molar refractivity (Wildman–Crippen MR) is 80.5 cm³/mol. The van der Waals surface area contributed by atoms with Gasteiger partial charge in [0.25, 0.3) is 0 Å². The van der Waals surface area contributed by atoms with Crippen LogP contribution >= 0.6 is 0 Å². The van der Waals surface area contributed by atoms with Crippen LogP contribution in [0.3, 0.4) is 0 Å². The van der Waals surface area contributed by atoms with Crippen LogP contribution in [0.2, 0.25) is 0 Å². The molecule has 1 aliphatic carbocycles. The first-order valence-electron chi connectivity index (χ1n) is 7.73. The van der Waals surface area contributed by atoms with Gasteiger partial charge >= 0.3 is 0 Å². The Bertz CT molecular complexity index is 442. The largest absolute Gasteiger partial charge is 0.504 e. The van der Waals surface area contributed by atoms with Crippen LogP contribution < -0.4 is 4.74 Å². The van der Waals surface area contributed by atoms with E-state index in [1.807, 2.05) is 19.1 Å². The number of benzene rings is 1. The summed E-state index contributed by atoms with van der Waals surface area (Å²) in [6, 6.07) is 3.87. The van der Waals surface area contributed by atoms with Gasteiger partial charge in [0.1, 0.15) is 0 Å². The summed E-state index contributed by atoms with van der Waals surface area (Å²) in [6.45, 7) is 2.02. The van der Waals surface area contributed by atoms with Gasteiger partial charge in [-0.15, -0.1) is 0 Å². The third kappa shape index (κ3) is 3.45. The molecule has 3 nitrogen and oxygen atoms in total. The third-order valence-electron chi connectivity index (χ3n) is 4.44. The van der Waals surface area contributed by atoms with Crippen LogP contribution in [0, 0.1) is 0 Å². The Kier molecular flexibility index (Phi) is 5.30. The number of phenols is 1. The molecule has 0 aliphatic heterocycles. The maximum absolute atomic E-state index is 9.88. The summed E-state index contributed by atoms with van der Waals surface area (Å²) < 4.78 is 5.23. The number of aromatic hydroxyl groups is 1. The average Bonchev–Trinajstić information content (AvgIpc) is 2.46. The number of fused-ring (bicyclic) bond motifs is 1. The first kappa shape index (κ1) is 15.2. The smallest absolute Gasteiger partial charge is 0.160 e. The van der Waals surface area contributed by atoms with E-state index >= 15 is 0 Å². The van der Waals surface area contributed by atoms with Gasteiger partial charge in [-0.1, -0.05) is 13.3 Å². The van der Waals surface area contributed by atoms with E-state index in [2.05, 4.69) is 0 Å². The van der Waals surface area contributed by atoms with E-state index in [0.717, 1.165) is 32.1 Å². The Morgan fingerprint density at radius 2 is 2.20 bits per heavy atom. The second kappa shape index (κ2) is 6.98. The van der Waals surface area contributed by atoms with Crippen molar-refractivity contribution in [2.24, 2.45) is 0 Å². The number of aliphatic hydroxyl groups is 1. The van der Waals surface area contributed by atoms with Gasteiger partial charge < -0.3 is 14.9 Å². The van der Waals surface area contributed by atoms with Crippen molar-refractivity contribution in [2.45, 2.75) is 63.9 Å². The minimum atomic E-state index is -0.160. The number of phenolic OH excluding ortho intramolecular Hbond substituents is 1. The highest BCUT2D eigenvalue weighted by molar-refractivity contribution is 5.48. The molecule has 0 heterocycles. The molecule has 2 unspecified atom stereocenters. The number of ether oxygens (including phenoxy) is 1. The van der Waals surface area contributed by atoms with E-state index < -0.39 is 0 Å². The fourth-order valence-corrected chi connectivity index (χ4v) is 3.19. The lowest BCUT2D eigenvalue weighted by atomic mass is 9.80. The monoisotopic (exact) mass is 278 g/mol. The average molecular weight is 278 g/mol. The maximum atomic E-state index is 9.88. The number of hydrogen-bond donors (Lipinski definition) is 2. The fourth-order valence-electron chi connectivity index (χ4n) is 3.19. The highest BCUT2D eigenvalue weighted by atomic mass is 16.5. The van der Waals surface area contributed by atoms with Crippen LogP contribution in [0.1, 0.15) is 62.5 Å². The molecule has 0 saturated carbocycles. The molecule has 0 amide bonds. The first-order valence-corrected chi connectivity index (χ1v) is 7.73. The maximum Gasteiger partial charge on any atom is 0.160 e. The van der Waals surface area contributed by atoms with Gasteiger partial charge in [-0.3, -0.25) is 0 Å². The van der Waals surface area contributed by atoms with Gasteiger partial charge in [0.15, 0.2) is 11.5 Å². The minimum absolute atomic E-state index is 0.160.